The molecule has 0 aliphatic carbocycles. The van der Waals surface area contributed by atoms with Gasteiger partial charge in [0.1, 0.15) is 0 Å². The van der Waals surface area contributed by atoms with E-state index < -0.39 is 0 Å². The Morgan fingerprint density at radius 3 is 1.66 bits per heavy atom. The Balaban J connectivity index is 1.35. The van der Waals surface area contributed by atoms with Crippen LogP contribution in [0.3, 0.4) is 0 Å². The predicted molar refractivity (Wildman–Crippen MR) is 215 cm³/mol. The number of rotatable bonds is 4. The summed E-state index contributed by atoms with van der Waals surface area (Å²) >= 11 is 1.88. The van der Waals surface area contributed by atoms with Crippen LogP contribution >= 0.6 is 11.8 Å². The third-order valence-corrected chi connectivity index (χ3v) is 12.3. The zero-order valence-electron chi connectivity index (χ0n) is 28.4. The monoisotopic (exact) mass is 667 g/mol. The van der Waals surface area contributed by atoms with Gasteiger partial charge in [-0.25, -0.2) is 0 Å². The van der Waals surface area contributed by atoms with Crippen LogP contribution in [0.4, 0.5) is 28.4 Å². The van der Waals surface area contributed by atoms with Crippen LogP contribution in [0, 0.1) is 0 Å². The van der Waals surface area contributed by atoms with Gasteiger partial charge in [-0.1, -0.05) is 90.6 Å². The fourth-order valence-corrected chi connectivity index (χ4v) is 9.86. The molecule has 3 nitrogen and oxygen atoms in total. The molecule has 4 heteroatoms. The maximum atomic E-state index is 2.61. The largest absolute Gasteiger partial charge is 0.372 e. The lowest BCUT2D eigenvalue weighted by molar-refractivity contribution is 0.578. The van der Waals surface area contributed by atoms with E-state index in [1.807, 2.05) is 11.8 Å². The number of hydrogen-bond donors (Lipinski definition) is 0. The quantitative estimate of drug-likeness (QED) is 0.173. The van der Waals surface area contributed by atoms with E-state index in [4.69, 9.17) is 0 Å². The Morgan fingerprint density at radius 1 is 0.420 bits per heavy atom. The maximum absolute atomic E-state index is 2.61. The van der Waals surface area contributed by atoms with Crippen molar-refractivity contribution in [2.24, 2.45) is 0 Å². The zero-order valence-corrected chi connectivity index (χ0v) is 29.3. The summed E-state index contributed by atoms with van der Waals surface area (Å²) in [5.74, 6) is 0. The lowest BCUT2D eigenvalue weighted by atomic mass is 9.87. The highest BCUT2D eigenvalue weighted by atomic mass is 32.2. The van der Waals surface area contributed by atoms with E-state index in [-0.39, 0.29) is 0 Å². The van der Waals surface area contributed by atoms with Crippen molar-refractivity contribution in [3.8, 4) is 11.1 Å². The van der Waals surface area contributed by atoms with Crippen LogP contribution in [0.1, 0.15) is 38.5 Å². The molecule has 0 saturated carbocycles. The van der Waals surface area contributed by atoms with Crippen LogP contribution in [0.25, 0.3) is 43.4 Å². The SMILES string of the molecule is c1ccc2c(c1)Sc1ccccc1N2c1c2ccc(N3CCCCC3)cc2c(-c2cccc3ccccc23)c2ccc(N3CCCCC3)cc12. The summed E-state index contributed by atoms with van der Waals surface area (Å²) in [5, 5.41) is 7.83. The van der Waals surface area contributed by atoms with Crippen molar-refractivity contribution in [2.45, 2.75) is 48.3 Å². The summed E-state index contributed by atoms with van der Waals surface area (Å²) in [5.41, 5.74) is 9.10. The van der Waals surface area contributed by atoms with Crippen molar-refractivity contribution in [3.63, 3.8) is 0 Å². The van der Waals surface area contributed by atoms with Gasteiger partial charge in [0.05, 0.1) is 17.1 Å². The number of fused-ring (bicyclic) bond motifs is 5. The fraction of sp³-hybridized carbons (Fsp3) is 0.217. The molecule has 2 fully saturated rings. The second kappa shape index (κ2) is 12.4. The van der Waals surface area contributed by atoms with E-state index in [0.717, 1.165) is 26.2 Å². The Kier molecular flexibility index (Phi) is 7.45. The number of anilines is 5. The number of benzene rings is 7. The van der Waals surface area contributed by atoms with E-state index in [2.05, 4.69) is 142 Å². The van der Waals surface area contributed by atoms with Gasteiger partial charge in [0, 0.05) is 58.1 Å². The summed E-state index contributed by atoms with van der Waals surface area (Å²) < 4.78 is 0. The molecular formula is C46H41N3S. The standard InChI is InChI=1S/C46H41N3S/c1-9-26-47(27-10-1)33-23-25-38-39(30-33)45(36-17-13-15-32-14-3-4-16-35(32)36)37-24-22-34(48-28-11-2-12-29-48)31-40(37)46(38)49-41-18-5-7-20-43(41)50-44-21-8-6-19-42(44)49/h3-8,13-25,30-31H,1-2,9-12,26-29H2. The normalized spacial score (nSPS) is 16.2. The molecule has 7 aromatic rings. The number of nitrogens with zero attached hydrogens (tertiary/aromatic N) is 3. The first-order chi connectivity index (χ1) is 24.8. The molecular weight excluding hydrogens is 627 g/mol. The molecule has 0 spiro atoms. The molecule has 3 heterocycles. The number of hydrogen-bond acceptors (Lipinski definition) is 4. The third kappa shape index (κ3) is 4.95. The minimum Gasteiger partial charge on any atom is -0.372 e. The zero-order chi connectivity index (χ0) is 33.0. The minimum absolute atomic E-state index is 1.12. The van der Waals surface area contributed by atoms with Crippen LogP contribution in [0.5, 0.6) is 0 Å². The maximum Gasteiger partial charge on any atom is 0.0620 e. The summed E-state index contributed by atoms with van der Waals surface area (Å²) in [7, 11) is 0. The summed E-state index contributed by atoms with van der Waals surface area (Å²) in [6.07, 6.45) is 7.68. The van der Waals surface area contributed by atoms with Crippen LogP contribution in [-0.2, 0) is 0 Å². The first-order valence-electron chi connectivity index (χ1n) is 18.5. The summed E-state index contributed by atoms with van der Waals surface area (Å²) in [4.78, 5) is 10.4. The highest BCUT2D eigenvalue weighted by Crippen LogP contribution is 2.56. The van der Waals surface area contributed by atoms with E-state index in [0.29, 0.717) is 0 Å². The molecule has 3 aliphatic rings. The Labute approximate surface area is 299 Å². The van der Waals surface area contributed by atoms with Gasteiger partial charge in [-0.15, -0.1) is 0 Å². The molecule has 10 rings (SSSR count). The Bertz CT molecular complexity index is 2350. The van der Waals surface area contributed by atoms with Gasteiger partial charge in [-0.2, -0.15) is 0 Å². The summed E-state index contributed by atoms with van der Waals surface area (Å²) in [6.45, 7) is 4.49. The average Bonchev–Trinajstić information content (AvgIpc) is 3.19. The molecule has 7 aromatic carbocycles. The van der Waals surface area contributed by atoms with Gasteiger partial charge in [-0.05, 0) is 120 Å². The average molecular weight is 668 g/mol. The number of para-hydroxylation sites is 2. The topological polar surface area (TPSA) is 9.72 Å². The van der Waals surface area contributed by atoms with Gasteiger partial charge in [0.15, 0.2) is 0 Å². The first kappa shape index (κ1) is 29.9. The highest BCUT2D eigenvalue weighted by Gasteiger charge is 2.29. The molecule has 0 N–H and O–H groups in total. The van der Waals surface area contributed by atoms with Gasteiger partial charge >= 0.3 is 0 Å². The molecule has 3 aliphatic heterocycles. The van der Waals surface area contributed by atoms with Crippen molar-refractivity contribution in [3.05, 3.63) is 127 Å². The van der Waals surface area contributed by atoms with Crippen molar-refractivity contribution < 1.29 is 0 Å². The highest BCUT2D eigenvalue weighted by molar-refractivity contribution is 7.99. The van der Waals surface area contributed by atoms with Crippen molar-refractivity contribution >= 4 is 72.5 Å². The van der Waals surface area contributed by atoms with Crippen LogP contribution in [0.15, 0.2) is 137 Å². The van der Waals surface area contributed by atoms with Crippen LogP contribution in [-0.4, -0.2) is 26.2 Å². The van der Waals surface area contributed by atoms with E-state index >= 15 is 0 Å². The summed E-state index contributed by atoms with van der Waals surface area (Å²) in [6, 6.07) is 48.5. The van der Waals surface area contributed by atoms with Gasteiger partial charge in [-0.3, -0.25) is 0 Å². The van der Waals surface area contributed by atoms with Crippen molar-refractivity contribution in [2.75, 3.05) is 40.9 Å². The van der Waals surface area contributed by atoms with Gasteiger partial charge in [0.25, 0.3) is 0 Å². The minimum atomic E-state index is 1.12. The van der Waals surface area contributed by atoms with E-state index in [1.165, 1.54) is 120 Å². The number of piperidine rings is 2. The lowest BCUT2D eigenvalue weighted by Crippen LogP contribution is -2.29. The smallest absolute Gasteiger partial charge is 0.0620 e. The molecule has 0 unspecified atom stereocenters. The Morgan fingerprint density at radius 2 is 0.980 bits per heavy atom. The van der Waals surface area contributed by atoms with Crippen molar-refractivity contribution in [1.82, 2.24) is 0 Å². The second-order valence-corrected chi connectivity index (χ2v) is 15.3. The molecule has 0 aromatic heterocycles. The van der Waals surface area contributed by atoms with Crippen molar-refractivity contribution in [1.29, 1.82) is 0 Å². The molecule has 0 amide bonds. The van der Waals surface area contributed by atoms with E-state index in [9.17, 15) is 0 Å². The fourth-order valence-electron chi connectivity index (χ4n) is 8.80. The molecule has 246 valence electrons. The Hall–Kier alpha value is -4.93. The van der Waals surface area contributed by atoms with Crippen LogP contribution < -0.4 is 14.7 Å². The van der Waals surface area contributed by atoms with Gasteiger partial charge in [0.2, 0.25) is 0 Å². The third-order valence-electron chi connectivity index (χ3n) is 11.2. The van der Waals surface area contributed by atoms with E-state index in [1.54, 1.807) is 0 Å². The molecule has 50 heavy (non-hydrogen) atoms. The predicted octanol–water partition coefficient (Wildman–Crippen LogP) is 12.7. The van der Waals surface area contributed by atoms with Crippen LogP contribution in [0.2, 0.25) is 0 Å². The molecule has 2 saturated heterocycles. The molecule has 0 radical (unpaired) electrons. The second-order valence-electron chi connectivity index (χ2n) is 14.2. The van der Waals surface area contributed by atoms with Gasteiger partial charge < -0.3 is 14.7 Å². The lowest BCUT2D eigenvalue weighted by Gasteiger charge is -2.36. The molecule has 0 bridgehead atoms. The molecule has 0 atom stereocenters. The first-order valence-corrected chi connectivity index (χ1v) is 19.3.